The first-order valence-electron chi connectivity index (χ1n) is 8.42. The van der Waals surface area contributed by atoms with E-state index in [-0.39, 0.29) is 19.4 Å². The molecule has 0 radical (unpaired) electrons. The molecule has 0 aliphatic carbocycles. The van der Waals surface area contributed by atoms with Crippen LogP contribution in [0.4, 0.5) is 10.3 Å². The maximum absolute atomic E-state index is 13.5. The van der Waals surface area contributed by atoms with Gasteiger partial charge in [0, 0.05) is 13.0 Å². The van der Waals surface area contributed by atoms with Crippen molar-refractivity contribution in [1.82, 2.24) is 9.55 Å². The number of nitrogens with one attached hydrogen (secondary N) is 1. The number of imidazole rings is 1. The van der Waals surface area contributed by atoms with Crippen molar-refractivity contribution < 1.29 is 19.1 Å². The maximum Gasteiger partial charge on any atom is 0.305 e. The van der Waals surface area contributed by atoms with Crippen molar-refractivity contribution in [2.75, 3.05) is 11.9 Å². The molecule has 1 atom stereocenters. The van der Waals surface area contributed by atoms with E-state index >= 15 is 0 Å². The van der Waals surface area contributed by atoms with E-state index in [2.05, 4.69) is 10.3 Å². The number of para-hydroxylation sites is 2. The Bertz CT molecular complexity index is 986. The Morgan fingerprint density at radius 1 is 1.22 bits per heavy atom. The number of nitrogens with two attached hydrogens (primary N) is 1. The highest BCUT2D eigenvalue weighted by molar-refractivity contribution is 5.85. The highest BCUT2D eigenvalue weighted by Crippen LogP contribution is 2.27. The lowest BCUT2D eigenvalue weighted by atomic mass is 10.0. The van der Waals surface area contributed by atoms with Crippen LogP contribution in [0.25, 0.3) is 11.0 Å². The quantitative estimate of drug-likeness (QED) is 0.564. The number of primary amides is 1. The molecule has 8 heteroatoms. The highest BCUT2D eigenvalue weighted by atomic mass is 19.1. The summed E-state index contributed by atoms with van der Waals surface area (Å²) in [5.41, 5.74) is 7.58. The number of aliphatic carboxylic acids is 1. The summed E-state index contributed by atoms with van der Waals surface area (Å²) in [4.78, 5) is 27.5. The van der Waals surface area contributed by atoms with Gasteiger partial charge in [-0.05, 0) is 29.8 Å². The molecule has 0 saturated carbocycles. The molecule has 7 nitrogen and oxygen atoms in total. The number of hydrogen-bond acceptors (Lipinski definition) is 4. The number of benzene rings is 2. The van der Waals surface area contributed by atoms with E-state index in [1.807, 2.05) is 12.1 Å². The van der Waals surface area contributed by atoms with E-state index in [4.69, 9.17) is 10.8 Å². The van der Waals surface area contributed by atoms with E-state index in [0.29, 0.717) is 22.5 Å². The zero-order valence-corrected chi connectivity index (χ0v) is 14.4. The monoisotopic (exact) mass is 370 g/mol. The van der Waals surface area contributed by atoms with Gasteiger partial charge < -0.3 is 16.2 Å². The third-order valence-electron chi connectivity index (χ3n) is 4.18. The summed E-state index contributed by atoms with van der Waals surface area (Å²) in [6.45, 7) is 0.143. The van der Waals surface area contributed by atoms with E-state index in [0.717, 1.165) is 0 Å². The summed E-state index contributed by atoms with van der Waals surface area (Å²) in [5, 5.41) is 11.8. The number of rotatable bonds is 8. The molecule has 0 spiro atoms. The zero-order chi connectivity index (χ0) is 19.4. The molecule has 3 rings (SSSR count). The van der Waals surface area contributed by atoms with Gasteiger partial charge in [0.05, 0.1) is 17.5 Å². The number of hydrogen-bond donors (Lipinski definition) is 3. The van der Waals surface area contributed by atoms with Crippen LogP contribution in [0.3, 0.4) is 0 Å². The number of halogens is 1. The predicted octanol–water partition coefficient (Wildman–Crippen LogP) is 2.33. The highest BCUT2D eigenvalue weighted by Gasteiger charge is 2.24. The van der Waals surface area contributed by atoms with Gasteiger partial charge in [0.15, 0.2) is 0 Å². The molecule has 0 fully saturated rings. The van der Waals surface area contributed by atoms with Gasteiger partial charge in [0.25, 0.3) is 0 Å². The number of amides is 1. The number of carboxylic acids is 1. The summed E-state index contributed by atoms with van der Waals surface area (Å²) in [6, 6.07) is 12.4. The van der Waals surface area contributed by atoms with Gasteiger partial charge in [0.1, 0.15) is 11.9 Å². The predicted molar refractivity (Wildman–Crippen MR) is 98.8 cm³/mol. The molecule has 27 heavy (non-hydrogen) atoms. The third-order valence-corrected chi connectivity index (χ3v) is 4.18. The summed E-state index contributed by atoms with van der Waals surface area (Å²) in [6.07, 6.45) is 0.0788. The van der Waals surface area contributed by atoms with Crippen molar-refractivity contribution in [2.45, 2.75) is 18.9 Å². The van der Waals surface area contributed by atoms with Crippen LogP contribution >= 0.6 is 0 Å². The second kappa shape index (κ2) is 7.86. The fourth-order valence-corrected chi connectivity index (χ4v) is 2.97. The van der Waals surface area contributed by atoms with Crippen LogP contribution in [0, 0.1) is 5.82 Å². The first-order valence-corrected chi connectivity index (χ1v) is 8.42. The Morgan fingerprint density at radius 3 is 2.70 bits per heavy atom. The van der Waals surface area contributed by atoms with E-state index < -0.39 is 23.7 Å². The molecular formula is C19H19FN4O3. The van der Waals surface area contributed by atoms with Crippen molar-refractivity contribution in [1.29, 1.82) is 0 Å². The number of fused-ring (bicyclic) bond motifs is 1. The molecule has 2 aromatic carbocycles. The van der Waals surface area contributed by atoms with Crippen molar-refractivity contribution in [3.05, 3.63) is 59.9 Å². The van der Waals surface area contributed by atoms with Crippen molar-refractivity contribution in [3.63, 3.8) is 0 Å². The fraction of sp³-hybridized carbons (Fsp3) is 0.211. The van der Waals surface area contributed by atoms with Gasteiger partial charge in [-0.1, -0.05) is 24.3 Å². The average Bonchev–Trinajstić information content (AvgIpc) is 2.97. The Balaban J connectivity index is 2.01. The van der Waals surface area contributed by atoms with Gasteiger partial charge >= 0.3 is 5.97 Å². The standard InChI is InChI=1S/C19H19FN4O3/c20-13-5-3-4-12(10-13)11-16(18(21)27)24-15-7-2-1-6-14(15)23-19(24)22-9-8-17(25)26/h1-7,10,16H,8-9,11H2,(H2,21,27)(H,22,23)(H,25,26). The summed E-state index contributed by atoms with van der Waals surface area (Å²) >= 11 is 0. The number of nitrogens with zero attached hydrogens (tertiary/aromatic N) is 2. The van der Waals surface area contributed by atoms with Crippen molar-refractivity contribution in [3.8, 4) is 0 Å². The minimum atomic E-state index is -0.948. The molecule has 1 amide bonds. The first kappa shape index (κ1) is 18.4. The number of anilines is 1. The lowest BCUT2D eigenvalue weighted by Gasteiger charge is -2.19. The van der Waals surface area contributed by atoms with Crippen LogP contribution in [-0.4, -0.2) is 33.1 Å². The summed E-state index contributed by atoms with van der Waals surface area (Å²) in [7, 11) is 0. The van der Waals surface area contributed by atoms with Crippen LogP contribution in [0.2, 0.25) is 0 Å². The second-order valence-corrected chi connectivity index (χ2v) is 6.12. The van der Waals surface area contributed by atoms with Gasteiger partial charge in [0.2, 0.25) is 11.9 Å². The van der Waals surface area contributed by atoms with Crippen LogP contribution in [0.1, 0.15) is 18.0 Å². The largest absolute Gasteiger partial charge is 0.481 e. The Hall–Kier alpha value is -3.42. The number of carbonyl (C=O) groups excluding carboxylic acids is 1. The van der Waals surface area contributed by atoms with E-state index in [1.165, 1.54) is 12.1 Å². The fourth-order valence-electron chi connectivity index (χ4n) is 2.97. The van der Waals surface area contributed by atoms with E-state index in [1.54, 1.807) is 28.8 Å². The number of carboxylic acid groups (broad SMARTS) is 1. The van der Waals surface area contributed by atoms with Crippen LogP contribution in [-0.2, 0) is 16.0 Å². The average molecular weight is 370 g/mol. The molecule has 1 unspecified atom stereocenters. The molecule has 0 bridgehead atoms. The van der Waals surface area contributed by atoms with Crippen LogP contribution in [0.15, 0.2) is 48.5 Å². The molecule has 0 aliphatic heterocycles. The summed E-state index contributed by atoms with van der Waals surface area (Å²) < 4.78 is 15.2. The number of carbonyl (C=O) groups is 2. The second-order valence-electron chi connectivity index (χ2n) is 6.12. The molecule has 0 aliphatic rings. The molecule has 3 aromatic rings. The first-order chi connectivity index (χ1) is 13.0. The minimum Gasteiger partial charge on any atom is -0.481 e. The normalized spacial score (nSPS) is 12.0. The van der Waals surface area contributed by atoms with Gasteiger partial charge in [-0.3, -0.25) is 14.2 Å². The Labute approximate surface area is 154 Å². The molecule has 140 valence electrons. The SMILES string of the molecule is NC(=O)C(Cc1cccc(F)c1)n1c(NCCC(=O)O)nc2ccccc21. The van der Waals surface area contributed by atoms with Crippen molar-refractivity contribution >= 4 is 28.9 Å². The molecular weight excluding hydrogens is 351 g/mol. The zero-order valence-electron chi connectivity index (χ0n) is 14.4. The van der Waals surface area contributed by atoms with Gasteiger partial charge in [-0.25, -0.2) is 9.37 Å². The maximum atomic E-state index is 13.5. The third kappa shape index (κ3) is 4.22. The lowest BCUT2D eigenvalue weighted by molar-refractivity contribution is -0.136. The topological polar surface area (TPSA) is 110 Å². The molecule has 4 N–H and O–H groups in total. The Morgan fingerprint density at radius 2 is 2.00 bits per heavy atom. The summed E-state index contributed by atoms with van der Waals surface area (Å²) in [5.74, 6) is -1.59. The molecule has 0 saturated heterocycles. The molecule has 1 aromatic heterocycles. The lowest BCUT2D eigenvalue weighted by Crippen LogP contribution is -2.29. The Kier molecular flexibility index (Phi) is 5.35. The number of aromatic nitrogens is 2. The van der Waals surface area contributed by atoms with Gasteiger partial charge in [-0.2, -0.15) is 0 Å². The smallest absolute Gasteiger partial charge is 0.305 e. The van der Waals surface area contributed by atoms with Crippen LogP contribution in [0.5, 0.6) is 0 Å². The van der Waals surface area contributed by atoms with Crippen LogP contribution < -0.4 is 11.1 Å². The van der Waals surface area contributed by atoms with Crippen molar-refractivity contribution in [2.24, 2.45) is 5.73 Å². The van der Waals surface area contributed by atoms with Gasteiger partial charge in [-0.15, -0.1) is 0 Å². The van der Waals surface area contributed by atoms with E-state index in [9.17, 15) is 14.0 Å². The molecule has 1 heterocycles. The minimum absolute atomic E-state index is 0.103.